The van der Waals surface area contributed by atoms with Gasteiger partial charge in [-0.25, -0.2) is 4.98 Å². The number of carbonyl (C=O) groups excluding carboxylic acids is 1. The molecule has 0 aromatic carbocycles. The van der Waals surface area contributed by atoms with E-state index in [1.165, 1.54) is 0 Å². The molecule has 1 aliphatic rings. The lowest BCUT2D eigenvalue weighted by Crippen LogP contribution is -2.24. The SMILES string of the molecule is Cc1ccc2c(n1)OCCNC2=O. The minimum Gasteiger partial charge on any atom is -0.475 e. The van der Waals surface area contributed by atoms with Crippen molar-refractivity contribution in [3.05, 3.63) is 23.4 Å². The van der Waals surface area contributed by atoms with Crippen molar-refractivity contribution in [3.8, 4) is 5.88 Å². The van der Waals surface area contributed by atoms with Crippen LogP contribution in [0.15, 0.2) is 12.1 Å². The summed E-state index contributed by atoms with van der Waals surface area (Å²) in [4.78, 5) is 15.5. The van der Waals surface area contributed by atoms with E-state index in [4.69, 9.17) is 4.74 Å². The molecule has 1 N–H and O–H groups in total. The smallest absolute Gasteiger partial charge is 0.256 e. The Labute approximate surface area is 75.9 Å². The van der Waals surface area contributed by atoms with Crippen molar-refractivity contribution in [3.63, 3.8) is 0 Å². The van der Waals surface area contributed by atoms with Crippen LogP contribution in [0.1, 0.15) is 16.1 Å². The number of pyridine rings is 1. The van der Waals surface area contributed by atoms with Gasteiger partial charge in [-0.1, -0.05) is 0 Å². The predicted octanol–water partition coefficient (Wildman–Crippen LogP) is 0.512. The Morgan fingerprint density at radius 2 is 2.38 bits per heavy atom. The Bertz CT molecular complexity index is 349. The van der Waals surface area contributed by atoms with Gasteiger partial charge in [-0.05, 0) is 19.1 Å². The minimum atomic E-state index is -0.111. The topological polar surface area (TPSA) is 51.2 Å². The van der Waals surface area contributed by atoms with E-state index in [1.807, 2.05) is 6.92 Å². The van der Waals surface area contributed by atoms with Crippen LogP contribution >= 0.6 is 0 Å². The van der Waals surface area contributed by atoms with Gasteiger partial charge in [0.1, 0.15) is 12.2 Å². The number of nitrogens with one attached hydrogen (secondary N) is 1. The zero-order chi connectivity index (χ0) is 9.26. The quantitative estimate of drug-likeness (QED) is 0.629. The summed E-state index contributed by atoms with van der Waals surface area (Å²) in [6.45, 7) is 2.88. The highest BCUT2D eigenvalue weighted by Gasteiger charge is 2.16. The van der Waals surface area contributed by atoms with Crippen LogP contribution in [0.4, 0.5) is 0 Å². The highest BCUT2D eigenvalue weighted by Crippen LogP contribution is 2.17. The van der Waals surface area contributed by atoms with Gasteiger partial charge in [0.2, 0.25) is 5.88 Å². The second-order valence-electron chi connectivity index (χ2n) is 2.91. The average molecular weight is 178 g/mol. The molecule has 0 atom stereocenters. The maximum absolute atomic E-state index is 11.4. The highest BCUT2D eigenvalue weighted by atomic mass is 16.5. The molecule has 1 aromatic rings. The molecule has 0 unspecified atom stereocenters. The summed E-state index contributed by atoms with van der Waals surface area (Å²) in [5.74, 6) is 0.329. The molecule has 0 spiro atoms. The number of nitrogens with zero attached hydrogens (tertiary/aromatic N) is 1. The van der Waals surface area contributed by atoms with Gasteiger partial charge in [0.15, 0.2) is 0 Å². The van der Waals surface area contributed by atoms with E-state index in [0.29, 0.717) is 24.6 Å². The highest BCUT2D eigenvalue weighted by molar-refractivity contribution is 5.96. The fourth-order valence-corrected chi connectivity index (χ4v) is 1.22. The number of rotatable bonds is 0. The fourth-order valence-electron chi connectivity index (χ4n) is 1.22. The van der Waals surface area contributed by atoms with Crippen LogP contribution in [0.2, 0.25) is 0 Å². The van der Waals surface area contributed by atoms with Gasteiger partial charge in [-0.3, -0.25) is 4.79 Å². The largest absolute Gasteiger partial charge is 0.475 e. The first kappa shape index (κ1) is 8.04. The zero-order valence-electron chi connectivity index (χ0n) is 7.33. The standard InChI is InChI=1S/C9H10N2O2/c1-6-2-3-7-8(12)10-4-5-13-9(7)11-6/h2-3H,4-5H2,1H3,(H,10,12). The van der Waals surface area contributed by atoms with E-state index < -0.39 is 0 Å². The van der Waals surface area contributed by atoms with E-state index in [9.17, 15) is 4.79 Å². The molecule has 1 aromatic heterocycles. The molecule has 0 radical (unpaired) electrons. The maximum Gasteiger partial charge on any atom is 0.256 e. The molecule has 1 aliphatic heterocycles. The molecule has 0 saturated heterocycles. The van der Waals surface area contributed by atoms with Crippen molar-refractivity contribution in [1.82, 2.24) is 10.3 Å². The van der Waals surface area contributed by atoms with Gasteiger partial charge in [0, 0.05) is 5.69 Å². The number of fused-ring (bicyclic) bond motifs is 1. The first-order chi connectivity index (χ1) is 6.27. The Hall–Kier alpha value is -1.58. The monoisotopic (exact) mass is 178 g/mol. The van der Waals surface area contributed by atoms with Crippen LogP contribution < -0.4 is 10.1 Å². The number of hydrogen-bond donors (Lipinski definition) is 1. The lowest BCUT2D eigenvalue weighted by Gasteiger charge is -2.03. The normalized spacial score (nSPS) is 15.3. The van der Waals surface area contributed by atoms with E-state index in [1.54, 1.807) is 12.1 Å². The van der Waals surface area contributed by atoms with Crippen LogP contribution in [-0.4, -0.2) is 24.0 Å². The first-order valence-corrected chi connectivity index (χ1v) is 4.16. The van der Waals surface area contributed by atoms with Crippen LogP contribution in [0.5, 0.6) is 5.88 Å². The lowest BCUT2D eigenvalue weighted by molar-refractivity contribution is 0.0957. The van der Waals surface area contributed by atoms with Gasteiger partial charge in [0.25, 0.3) is 5.91 Å². The van der Waals surface area contributed by atoms with E-state index in [0.717, 1.165) is 5.69 Å². The van der Waals surface area contributed by atoms with Crippen molar-refractivity contribution in [2.45, 2.75) is 6.92 Å². The van der Waals surface area contributed by atoms with Gasteiger partial charge < -0.3 is 10.1 Å². The van der Waals surface area contributed by atoms with Crippen LogP contribution in [0.25, 0.3) is 0 Å². The molecule has 0 bridgehead atoms. The van der Waals surface area contributed by atoms with Gasteiger partial charge in [0.05, 0.1) is 6.54 Å². The number of ether oxygens (including phenoxy) is 1. The van der Waals surface area contributed by atoms with Gasteiger partial charge >= 0.3 is 0 Å². The summed E-state index contributed by atoms with van der Waals surface area (Å²) >= 11 is 0. The Morgan fingerprint density at radius 1 is 1.54 bits per heavy atom. The molecule has 0 aliphatic carbocycles. The summed E-state index contributed by atoms with van der Waals surface area (Å²) in [7, 11) is 0. The number of aryl methyl sites for hydroxylation is 1. The first-order valence-electron chi connectivity index (χ1n) is 4.16. The molecule has 68 valence electrons. The molecular weight excluding hydrogens is 168 g/mol. The summed E-state index contributed by atoms with van der Waals surface area (Å²) in [5, 5.41) is 2.72. The van der Waals surface area contributed by atoms with Crippen LogP contribution in [0, 0.1) is 6.92 Å². The third kappa shape index (κ3) is 1.47. The molecule has 0 fully saturated rings. The molecule has 0 saturated carbocycles. The average Bonchev–Trinajstić information content (AvgIpc) is 2.28. The van der Waals surface area contributed by atoms with E-state index in [-0.39, 0.29) is 5.91 Å². The maximum atomic E-state index is 11.4. The summed E-state index contributed by atoms with van der Waals surface area (Å²) < 4.78 is 5.31. The third-order valence-corrected chi connectivity index (χ3v) is 1.87. The van der Waals surface area contributed by atoms with Gasteiger partial charge in [-0.2, -0.15) is 0 Å². The van der Waals surface area contributed by atoms with Crippen LogP contribution in [-0.2, 0) is 0 Å². The van der Waals surface area contributed by atoms with Crippen molar-refractivity contribution in [1.29, 1.82) is 0 Å². The van der Waals surface area contributed by atoms with E-state index >= 15 is 0 Å². The summed E-state index contributed by atoms with van der Waals surface area (Å²) in [6.07, 6.45) is 0. The molecule has 4 heteroatoms. The molecule has 2 rings (SSSR count). The lowest BCUT2D eigenvalue weighted by atomic mass is 10.2. The molecule has 13 heavy (non-hydrogen) atoms. The second-order valence-corrected chi connectivity index (χ2v) is 2.91. The van der Waals surface area contributed by atoms with Crippen molar-refractivity contribution in [2.75, 3.05) is 13.2 Å². The molecule has 4 nitrogen and oxygen atoms in total. The minimum absolute atomic E-state index is 0.111. The Kier molecular flexibility index (Phi) is 1.88. The van der Waals surface area contributed by atoms with Gasteiger partial charge in [-0.15, -0.1) is 0 Å². The third-order valence-electron chi connectivity index (χ3n) is 1.87. The molecule has 2 heterocycles. The van der Waals surface area contributed by atoms with Crippen LogP contribution in [0.3, 0.4) is 0 Å². The predicted molar refractivity (Wildman–Crippen MR) is 46.8 cm³/mol. The summed E-state index contributed by atoms with van der Waals surface area (Å²) in [5.41, 5.74) is 1.37. The fraction of sp³-hybridized carbons (Fsp3) is 0.333. The van der Waals surface area contributed by atoms with Crippen molar-refractivity contribution < 1.29 is 9.53 Å². The number of hydrogen-bond acceptors (Lipinski definition) is 3. The number of amides is 1. The van der Waals surface area contributed by atoms with Crippen molar-refractivity contribution in [2.24, 2.45) is 0 Å². The number of aromatic nitrogens is 1. The van der Waals surface area contributed by atoms with Crippen molar-refractivity contribution >= 4 is 5.91 Å². The second kappa shape index (κ2) is 3.05. The zero-order valence-corrected chi connectivity index (χ0v) is 7.33. The molecule has 1 amide bonds. The van der Waals surface area contributed by atoms with E-state index in [2.05, 4.69) is 10.3 Å². The Balaban J connectivity index is 2.48. The number of carbonyl (C=O) groups is 1. The molecular formula is C9H10N2O2. The Morgan fingerprint density at radius 3 is 3.23 bits per heavy atom. The summed E-state index contributed by atoms with van der Waals surface area (Å²) in [6, 6.07) is 3.53.